The Bertz CT molecular complexity index is 516. The quantitative estimate of drug-likeness (QED) is 0.933. The number of benzene rings is 1. The van der Waals surface area contributed by atoms with Gasteiger partial charge in [-0.3, -0.25) is 4.79 Å². The lowest BCUT2D eigenvalue weighted by Gasteiger charge is -2.24. The first-order valence-corrected chi connectivity index (χ1v) is 6.96. The van der Waals surface area contributed by atoms with E-state index in [0.717, 1.165) is 18.9 Å². The van der Waals surface area contributed by atoms with E-state index in [1.807, 2.05) is 0 Å². The largest absolute Gasteiger partial charge is 0.416 e. The Morgan fingerprint density at radius 3 is 2.57 bits per heavy atom. The number of hydrogen-bond donors (Lipinski definition) is 1. The molecular formula is C15H19F3N2O. The molecule has 0 spiro atoms. The summed E-state index contributed by atoms with van der Waals surface area (Å²) in [6.45, 7) is -0.0578. The van der Waals surface area contributed by atoms with Crippen molar-refractivity contribution in [3.8, 4) is 0 Å². The summed E-state index contributed by atoms with van der Waals surface area (Å²) >= 11 is 0. The van der Waals surface area contributed by atoms with Crippen LogP contribution in [0.3, 0.4) is 0 Å². The molecule has 3 nitrogen and oxygen atoms in total. The van der Waals surface area contributed by atoms with Crippen molar-refractivity contribution in [1.29, 1.82) is 0 Å². The second-order valence-electron chi connectivity index (χ2n) is 5.55. The van der Waals surface area contributed by atoms with Crippen LogP contribution in [-0.4, -0.2) is 23.9 Å². The van der Waals surface area contributed by atoms with Crippen LogP contribution < -0.4 is 5.73 Å². The molecule has 0 bridgehead atoms. The lowest BCUT2D eigenvalue weighted by molar-refractivity contribution is -0.140. The molecule has 2 atom stereocenters. The molecule has 0 aromatic heterocycles. The molecule has 0 aliphatic heterocycles. The summed E-state index contributed by atoms with van der Waals surface area (Å²) < 4.78 is 38.8. The van der Waals surface area contributed by atoms with Gasteiger partial charge in [0.25, 0.3) is 0 Å². The van der Waals surface area contributed by atoms with Crippen LogP contribution in [0.4, 0.5) is 13.2 Å². The monoisotopic (exact) mass is 300 g/mol. The fraction of sp³-hybridized carbons (Fsp3) is 0.533. The number of amides is 1. The molecular weight excluding hydrogens is 281 g/mol. The summed E-state index contributed by atoms with van der Waals surface area (Å²) in [5.74, 6) is -0.440. The second kappa shape index (κ2) is 6.05. The molecule has 0 unspecified atom stereocenters. The average molecular weight is 300 g/mol. The highest BCUT2D eigenvalue weighted by Crippen LogP contribution is 2.33. The number of rotatable bonds is 3. The lowest BCUT2D eigenvalue weighted by Crippen LogP contribution is -2.39. The molecule has 0 heterocycles. The van der Waals surface area contributed by atoms with E-state index in [4.69, 9.17) is 5.73 Å². The number of carbonyl (C=O) groups excluding carboxylic acids is 1. The van der Waals surface area contributed by atoms with Crippen LogP contribution in [-0.2, 0) is 17.5 Å². The maximum atomic E-state index is 12.9. The van der Waals surface area contributed by atoms with E-state index in [1.165, 1.54) is 24.1 Å². The third-order valence-corrected chi connectivity index (χ3v) is 3.99. The maximum absolute atomic E-state index is 12.9. The third kappa shape index (κ3) is 3.56. The number of halogens is 3. The molecule has 0 radical (unpaired) electrons. The normalized spacial score (nSPS) is 22.3. The molecule has 1 amide bonds. The molecule has 1 saturated carbocycles. The van der Waals surface area contributed by atoms with Gasteiger partial charge in [0.15, 0.2) is 0 Å². The van der Waals surface area contributed by atoms with Crippen LogP contribution in [0.2, 0.25) is 0 Å². The predicted molar refractivity (Wildman–Crippen MR) is 73.2 cm³/mol. The van der Waals surface area contributed by atoms with Crippen LogP contribution in [0.15, 0.2) is 24.3 Å². The van der Waals surface area contributed by atoms with Crippen molar-refractivity contribution in [2.24, 2.45) is 11.7 Å². The van der Waals surface area contributed by atoms with Crippen molar-refractivity contribution >= 4 is 5.91 Å². The summed E-state index contributed by atoms with van der Waals surface area (Å²) in [6.07, 6.45) is -2.01. The van der Waals surface area contributed by atoms with Crippen LogP contribution in [0.1, 0.15) is 30.4 Å². The summed E-state index contributed by atoms with van der Waals surface area (Å²) in [4.78, 5) is 13.6. The molecule has 1 aromatic rings. The second-order valence-corrected chi connectivity index (χ2v) is 5.55. The number of carbonyl (C=O) groups is 1. The van der Waals surface area contributed by atoms with Crippen LogP contribution in [0.25, 0.3) is 0 Å². The van der Waals surface area contributed by atoms with Gasteiger partial charge in [0, 0.05) is 19.6 Å². The Labute approximate surface area is 121 Å². The predicted octanol–water partition coefficient (Wildman–Crippen LogP) is 2.79. The minimum Gasteiger partial charge on any atom is -0.341 e. The molecule has 0 saturated heterocycles. The van der Waals surface area contributed by atoms with Crippen LogP contribution >= 0.6 is 0 Å². The third-order valence-electron chi connectivity index (χ3n) is 3.99. The van der Waals surface area contributed by atoms with Crippen molar-refractivity contribution in [3.05, 3.63) is 35.4 Å². The first kappa shape index (κ1) is 15.8. The molecule has 2 rings (SSSR count). The topological polar surface area (TPSA) is 46.3 Å². The first-order chi connectivity index (χ1) is 9.80. The molecule has 21 heavy (non-hydrogen) atoms. The van der Waals surface area contributed by atoms with Crippen molar-refractivity contribution < 1.29 is 18.0 Å². The van der Waals surface area contributed by atoms with Gasteiger partial charge in [-0.05, 0) is 24.5 Å². The summed E-state index contributed by atoms with van der Waals surface area (Å²) in [7, 11) is 1.53. The van der Waals surface area contributed by atoms with Gasteiger partial charge in [0.05, 0.1) is 11.5 Å². The fourth-order valence-electron chi connectivity index (χ4n) is 2.85. The molecule has 6 heteroatoms. The van der Waals surface area contributed by atoms with Crippen LogP contribution in [0.5, 0.6) is 0 Å². The van der Waals surface area contributed by atoms with Gasteiger partial charge in [-0.15, -0.1) is 0 Å². The summed E-state index contributed by atoms with van der Waals surface area (Å²) in [5, 5.41) is 0. The maximum Gasteiger partial charge on any atom is 0.416 e. The molecule has 2 N–H and O–H groups in total. The number of nitrogens with two attached hydrogens (primary N) is 1. The highest BCUT2D eigenvalue weighted by atomic mass is 19.4. The standard InChI is InChI=1S/C15H19F3N2O/c1-20(14(21)11-6-4-8-13(11)19)9-10-5-2-3-7-12(10)15(16,17)18/h2-3,5,7,11,13H,4,6,8-9,19H2,1H3/t11-,13+/m0/s1. The van der Waals surface area contributed by atoms with E-state index in [-0.39, 0.29) is 30.0 Å². The van der Waals surface area contributed by atoms with Crippen molar-refractivity contribution in [2.45, 2.75) is 38.0 Å². The Morgan fingerprint density at radius 1 is 1.33 bits per heavy atom. The van der Waals surface area contributed by atoms with Crippen LogP contribution in [0, 0.1) is 5.92 Å². The van der Waals surface area contributed by atoms with Crippen molar-refractivity contribution in [2.75, 3.05) is 7.05 Å². The Morgan fingerprint density at radius 2 is 2.00 bits per heavy atom. The molecule has 1 fully saturated rings. The van der Waals surface area contributed by atoms with Gasteiger partial charge in [-0.1, -0.05) is 24.6 Å². The zero-order chi connectivity index (χ0) is 15.6. The van der Waals surface area contributed by atoms with Gasteiger partial charge >= 0.3 is 6.18 Å². The highest BCUT2D eigenvalue weighted by molar-refractivity contribution is 5.79. The molecule has 1 aliphatic rings. The van der Waals surface area contributed by atoms with Gasteiger partial charge in [0.1, 0.15) is 0 Å². The van der Waals surface area contributed by atoms with Gasteiger partial charge in [-0.25, -0.2) is 0 Å². The minimum atomic E-state index is -4.41. The minimum absolute atomic E-state index is 0.0578. The summed E-state index contributed by atoms with van der Waals surface area (Å²) in [5.41, 5.74) is 5.29. The number of nitrogens with zero attached hydrogens (tertiary/aromatic N) is 1. The van der Waals surface area contributed by atoms with E-state index in [2.05, 4.69) is 0 Å². The molecule has 116 valence electrons. The van der Waals surface area contributed by atoms with E-state index in [0.29, 0.717) is 6.42 Å². The first-order valence-electron chi connectivity index (χ1n) is 6.96. The Hall–Kier alpha value is -1.56. The van der Waals surface area contributed by atoms with E-state index in [9.17, 15) is 18.0 Å². The zero-order valence-corrected chi connectivity index (χ0v) is 11.9. The van der Waals surface area contributed by atoms with Gasteiger partial charge in [-0.2, -0.15) is 13.2 Å². The Balaban J connectivity index is 2.13. The smallest absolute Gasteiger partial charge is 0.341 e. The SMILES string of the molecule is CN(Cc1ccccc1C(F)(F)F)C(=O)[C@H]1CCC[C@H]1N. The summed E-state index contributed by atoms with van der Waals surface area (Å²) in [6, 6.07) is 5.15. The number of hydrogen-bond acceptors (Lipinski definition) is 2. The van der Waals surface area contributed by atoms with Crippen molar-refractivity contribution in [3.63, 3.8) is 0 Å². The van der Waals surface area contributed by atoms with Crippen molar-refractivity contribution in [1.82, 2.24) is 4.90 Å². The molecule has 1 aromatic carbocycles. The van der Waals surface area contributed by atoms with E-state index in [1.54, 1.807) is 6.07 Å². The fourth-order valence-corrected chi connectivity index (χ4v) is 2.85. The van der Waals surface area contributed by atoms with Gasteiger partial charge in [0.2, 0.25) is 5.91 Å². The van der Waals surface area contributed by atoms with E-state index >= 15 is 0 Å². The highest BCUT2D eigenvalue weighted by Gasteiger charge is 2.35. The zero-order valence-electron chi connectivity index (χ0n) is 11.9. The molecule has 1 aliphatic carbocycles. The van der Waals surface area contributed by atoms with Gasteiger partial charge < -0.3 is 10.6 Å². The number of alkyl halides is 3. The lowest BCUT2D eigenvalue weighted by atomic mass is 10.0. The average Bonchev–Trinajstić information content (AvgIpc) is 2.83. The Kier molecular flexibility index (Phi) is 4.56. The van der Waals surface area contributed by atoms with E-state index < -0.39 is 11.7 Å².